The Bertz CT molecular complexity index is 886. The van der Waals surface area contributed by atoms with Crippen molar-refractivity contribution in [3.8, 4) is 6.07 Å². The van der Waals surface area contributed by atoms with E-state index in [1.165, 1.54) is 12.1 Å². The fraction of sp³-hybridized carbons (Fsp3) is 0.364. The predicted octanol–water partition coefficient (Wildman–Crippen LogP) is 4.66. The molecule has 1 fully saturated rings. The lowest BCUT2D eigenvalue weighted by molar-refractivity contribution is -0.139. The smallest absolute Gasteiger partial charge is 0.416 e. The molecular formula is C22H21F3N2O2. The highest BCUT2D eigenvalue weighted by molar-refractivity contribution is 5.67. The summed E-state index contributed by atoms with van der Waals surface area (Å²) < 4.78 is 38.3. The van der Waals surface area contributed by atoms with Gasteiger partial charge < -0.3 is 5.11 Å². The Kier molecular flexibility index (Phi) is 6.23. The Balaban J connectivity index is 1.75. The largest absolute Gasteiger partial charge is 0.481 e. The highest BCUT2D eigenvalue weighted by Gasteiger charge is 2.31. The standard InChI is InChI=1S/C22H21F3N2O2/c23-22(24,25)20-7-3-16(4-8-20)12-27-13-17(10-21(28)29)9-19(14-27)18-5-1-15(11-26)2-6-18/h1-8,17,19H,9-10,12-14H2,(H,28,29). The van der Waals surface area contributed by atoms with Gasteiger partial charge in [0, 0.05) is 26.1 Å². The molecular weight excluding hydrogens is 381 g/mol. The first-order chi connectivity index (χ1) is 13.7. The van der Waals surface area contributed by atoms with E-state index in [9.17, 15) is 23.1 Å². The third-order valence-corrected chi connectivity index (χ3v) is 5.27. The summed E-state index contributed by atoms with van der Waals surface area (Å²) in [6, 6.07) is 14.5. The van der Waals surface area contributed by atoms with Crippen molar-refractivity contribution in [1.29, 1.82) is 5.26 Å². The van der Waals surface area contributed by atoms with Crippen LogP contribution in [-0.4, -0.2) is 29.1 Å². The maximum atomic E-state index is 12.8. The van der Waals surface area contributed by atoms with E-state index >= 15 is 0 Å². The van der Waals surface area contributed by atoms with Gasteiger partial charge in [-0.05, 0) is 53.6 Å². The van der Waals surface area contributed by atoms with E-state index in [0.29, 0.717) is 25.2 Å². The van der Waals surface area contributed by atoms with Crippen LogP contribution < -0.4 is 0 Å². The zero-order chi connectivity index (χ0) is 21.0. The highest BCUT2D eigenvalue weighted by atomic mass is 19.4. The van der Waals surface area contributed by atoms with Crippen LogP contribution in [-0.2, 0) is 17.5 Å². The van der Waals surface area contributed by atoms with Gasteiger partial charge in [0.2, 0.25) is 0 Å². The second-order valence-electron chi connectivity index (χ2n) is 7.52. The molecule has 0 saturated carbocycles. The molecule has 1 N–H and O–H groups in total. The summed E-state index contributed by atoms with van der Waals surface area (Å²) >= 11 is 0. The van der Waals surface area contributed by atoms with Crippen LogP contribution in [0.5, 0.6) is 0 Å². The van der Waals surface area contributed by atoms with E-state index in [1.54, 1.807) is 12.1 Å². The van der Waals surface area contributed by atoms with Gasteiger partial charge in [-0.3, -0.25) is 9.69 Å². The number of carbonyl (C=O) groups is 1. The van der Waals surface area contributed by atoms with Gasteiger partial charge in [0.1, 0.15) is 0 Å². The van der Waals surface area contributed by atoms with Gasteiger partial charge in [0.05, 0.1) is 17.2 Å². The summed E-state index contributed by atoms with van der Waals surface area (Å²) in [6.45, 7) is 1.73. The molecule has 7 heteroatoms. The Hall–Kier alpha value is -2.85. The van der Waals surface area contributed by atoms with E-state index in [4.69, 9.17) is 5.26 Å². The van der Waals surface area contributed by atoms with Crippen molar-refractivity contribution in [2.45, 2.75) is 31.5 Å². The SMILES string of the molecule is N#Cc1ccc(C2CC(CC(=O)O)CN(Cc3ccc(C(F)(F)F)cc3)C2)cc1. The van der Waals surface area contributed by atoms with Gasteiger partial charge >= 0.3 is 12.1 Å². The van der Waals surface area contributed by atoms with Crippen LogP contribution >= 0.6 is 0 Å². The number of carboxylic acids is 1. The fourth-order valence-electron chi connectivity index (χ4n) is 3.96. The van der Waals surface area contributed by atoms with Crippen LogP contribution in [0, 0.1) is 17.2 Å². The maximum Gasteiger partial charge on any atom is 0.416 e. The number of hydrogen-bond donors (Lipinski definition) is 1. The Morgan fingerprint density at radius 2 is 1.76 bits per heavy atom. The molecule has 0 aliphatic carbocycles. The number of piperidine rings is 1. The number of benzene rings is 2. The molecule has 3 rings (SSSR count). The van der Waals surface area contributed by atoms with Gasteiger partial charge in [-0.15, -0.1) is 0 Å². The normalized spacial score (nSPS) is 20.2. The van der Waals surface area contributed by atoms with Crippen LogP contribution in [0.1, 0.15) is 41.0 Å². The first-order valence-electron chi connectivity index (χ1n) is 9.35. The minimum atomic E-state index is -4.36. The number of likely N-dealkylation sites (tertiary alicyclic amines) is 1. The highest BCUT2D eigenvalue weighted by Crippen LogP contribution is 2.33. The van der Waals surface area contributed by atoms with Gasteiger partial charge in [0.15, 0.2) is 0 Å². The maximum absolute atomic E-state index is 12.8. The Morgan fingerprint density at radius 1 is 1.10 bits per heavy atom. The number of alkyl halides is 3. The van der Waals surface area contributed by atoms with Crippen molar-refractivity contribution in [2.24, 2.45) is 5.92 Å². The van der Waals surface area contributed by atoms with Gasteiger partial charge in [-0.1, -0.05) is 24.3 Å². The molecule has 2 aromatic carbocycles. The Labute approximate surface area is 167 Å². The first-order valence-corrected chi connectivity index (χ1v) is 9.35. The van der Waals surface area contributed by atoms with E-state index in [-0.39, 0.29) is 18.3 Å². The average molecular weight is 402 g/mol. The summed E-state index contributed by atoms with van der Waals surface area (Å²) in [5, 5.41) is 18.2. The minimum absolute atomic E-state index is 0.0451. The van der Waals surface area contributed by atoms with Crippen molar-refractivity contribution in [3.63, 3.8) is 0 Å². The second kappa shape index (κ2) is 8.66. The van der Waals surface area contributed by atoms with Crippen LogP contribution in [0.4, 0.5) is 13.2 Å². The van der Waals surface area contributed by atoms with E-state index < -0.39 is 17.7 Å². The van der Waals surface area contributed by atoms with Crippen molar-refractivity contribution < 1.29 is 23.1 Å². The number of nitrogens with zero attached hydrogens (tertiary/aromatic N) is 2. The summed E-state index contributed by atoms with van der Waals surface area (Å²) in [7, 11) is 0. The van der Waals surface area contributed by atoms with E-state index in [0.717, 1.165) is 29.7 Å². The van der Waals surface area contributed by atoms with Gasteiger partial charge in [-0.2, -0.15) is 18.4 Å². The summed E-state index contributed by atoms with van der Waals surface area (Å²) in [5.41, 5.74) is 1.68. The van der Waals surface area contributed by atoms with Crippen molar-refractivity contribution in [1.82, 2.24) is 4.90 Å². The van der Waals surface area contributed by atoms with E-state index in [1.807, 2.05) is 12.1 Å². The lowest BCUT2D eigenvalue weighted by Gasteiger charge is -2.37. The zero-order valence-electron chi connectivity index (χ0n) is 15.7. The molecule has 0 radical (unpaired) electrons. The lowest BCUT2D eigenvalue weighted by Crippen LogP contribution is -2.39. The molecule has 2 atom stereocenters. The topological polar surface area (TPSA) is 64.3 Å². The molecule has 29 heavy (non-hydrogen) atoms. The summed E-state index contributed by atoms with van der Waals surface area (Å²) in [4.78, 5) is 13.3. The van der Waals surface area contributed by atoms with Gasteiger partial charge in [0.25, 0.3) is 0 Å². The monoisotopic (exact) mass is 402 g/mol. The molecule has 1 aliphatic heterocycles. The Morgan fingerprint density at radius 3 is 2.31 bits per heavy atom. The molecule has 0 aromatic heterocycles. The number of hydrogen-bond acceptors (Lipinski definition) is 3. The quantitative estimate of drug-likeness (QED) is 0.790. The van der Waals surface area contributed by atoms with Crippen molar-refractivity contribution in [3.05, 3.63) is 70.8 Å². The van der Waals surface area contributed by atoms with Crippen LogP contribution in [0.15, 0.2) is 48.5 Å². The lowest BCUT2D eigenvalue weighted by atomic mass is 9.82. The zero-order valence-corrected chi connectivity index (χ0v) is 15.7. The molecule has 2 unspecified atom stereocenters. The fourth-order valence-corrected chi connectivity index (χ4v) is 3.96. The third kappa shape index (κ3) is 5.58. The predicted molar refractivity (Wildman–Crippen MR) is 101 cm³/mol. The third-order valence-electron chi connectivity index (χ3n) is 5.27. The molecule has 1 aliphatic rings. The molecule has 4 nitrogen and oxygen atoms in total. The molecule has 152 valence electrons. The summed E-state index contributed by atoms with van der Waals surface area (Å²) in [5.74, 6) is -0.795. The van der Waals surface area contributed by atoms with Crippen molar-refractivity contribution in [2.75, 3.05) is 13.1 Å². The van der Waals surface area contributed by atoms with Gasteiger partial charge in [-0.25, -0.2) is 0 Å². The van der Waals surface area contributed by atoms with Crippen LogP contribution in [0.3, 0.4) is 0 Å². The molecule has 0 spiro atoms. The number of nitriles is 1. The molecule has 1 heterocycles. The second-order valence-corrected chi connectivity index (χ2v) is 7.52. The molecule has 0 amide bonds. The minimum Gasteiger partial charge on any atom is -0.481 e. The summed E-state index contributed by atoms with van der Waals surface area (Å²) in [6.07, 6.45) is -3.59. The molecule has 2 aromatic rings. The number of carboxylic acid groups (broad SMARTS) is 1. The van der Waals surface area contributed by atoms with Crippen LogP contribution in [0.25, 0.3) is 0 Å². The number of aliphatic carboxylic acids is 1. The number of halogens is 3. The van der Waals surface area contributed by atoms with Crippen LogP contribution in [0.2, 0.25) is 0 Å². The first kappa shape index (κ1) is 20.9. The molecule has 1 saturated heterocycles. The van der Waals surface area contributed by atoms with E-state index in [2.05, 4.69) is 11.0 Å². The number of rotatable bonds is 5. The van der Waals surface area contributed by atoms with Crippen molar-refractivity contribution >= 4 is 5.97 Å². The average Bonchev–Trinajstić information content (AvgIpc) is 2.67. The molecule has 0 bridgehead atoms.